The van der Waals surface area contributed by atoms with Crippen molar-refractivity contribution in [2.24, 2.45) is 0 Å². The van der Waals surface area contributed by atoms with E-state index in [0.717, 1.165) is 13.0 Å². The van der Waals surface area contributed by atoms with Crippen molar-refractivity contribution in [2.75, 3.05) is 19.8 Å². The fraction of sp³-hybridized carbons (Fsp3) is 0.462. The number of aliphatic hydroxyl groups excluding tert-OH is 1. The Bertz CT molecular complexity index is 680. The molecule has 1 aliphatic carbocycles. The van der Waals surface area contributed by atoms with Gasteiger partial charge in [0.15, 0.2) is 11.6 Å². The number of hydrogen-bond donors (Lipinski definition) is 1. The summed E-state index contributed by atoms with van der Waals surface area (Å²) in [5, 5.41) is 8.46. The molecule has 3 rings (SSSR count). The summed E-state index contributed by atoms with van der Waals surface area (Å²) in [6.45, 7) is 3.71. The quantitative estimate of drug-likeness (QED) is 0.418. The second-order valence-electron chi connectivity index (χ2n) is 7.56. The predicted molar refractivity (Wildman–Crippen MR) is 120 cm³/mol. The maximum atomic E-state index is 12.1. The van der Waals surface area contributed by atoms with Gasteiger partial charge in [0.2, 0.25) is 0 Å². The third-order valence-electron chi connectivity index (χ3n) is 5.21. The van der Waals surface area contributed by atoms with E-state index in [2.05, 4.69) is 6.92 Å². The van der Waals surface area contributed by atoms with Crippen LogP contribution in [0.5, 0.6) is 0 Å². The lowest BCUT2D eigenvalue weighted by atomic mass is 9.84. The van der Waals surface area contributed by atoms with E-state index in [1.54, 1.807) is 48.5 Å². The number of carbonyl (C=O) groups excluding carboxylic acids is 2. The van der Waals surface area contributed by atoms with Crippen LogP contribution < -0.4 is 0 Å². The minimum atomic E-state index is -0.0641. The Labute approximate surface area is 180 Å². The fourth-order valence-corrected chi connectivity index (χ4v) is 3.55. The molecule has 0 aliphatic heterocycles. The predicted octanol–water partition coefficient (Wildman–Crippen LogP) is 5.60. The Kier molecular flexibility index (Phi) is 11.1. The first-order chi connectivity index (χ1) is 14.7. The van der Waals surface area contributed by atoms with E-state index in [9.17, 15) is 9.59 Å². The number of aliphatic hydroxyl groups is 1. The van der Waals surface area contributed by atoms with Crippen LogP contribution in [0.4, 0.5) is 0 Å². The number of ether oxygens (including phenoxy) is 1. The molecule has 0 radical (unpaired) electrons. The van der Waals surface area contributed by atoms with Crippen LogP contribution in [0.2, 0.25) is 0 Å². The number of unbranched alkanes of at least 4 members (excludes halogenated alkanes) is 7. The fourth-order valence-electron chi connectivity index (χ4n) is 3.55. The largest absolute Gasteiger partial charge is 0.394 e. The molecule has 0 bridgehead atoms. The summed E-state index contributed by atoms with van der Waals surface area (Å²) in [5.41, 5.74) is 2.02. The van der Waals surface area contributed by atoms with Gasteiger partial charge in [-0.2, -0.15) is 0 Å². The highest BCUT2D eigenvalue weighted by Crippen LogP contribution is 2.26. The van der Waals surface area contributed by atoms with Gasteiger partial charge in [0.1, 0.15) is 0 Å². The zero-order valence-electron chi connectivity index (χ0n) is 18.1. The van der Waals surface area contributed by atoms with E-state index in [-0.39, 0.29) is 18.2 Å². The zero-order valence-corrected chi connectivity index (χ0v) is 18.1. The standard InChI is InChI=1S/C14H8O2.C12H26O2/c15-13-9-5-1-2-6-10(9)14(16)12-8-4-3-7-11(12)13;1-2-3-4-5-6-7-8-9-11-14-12-10-13/h1-8H;13H,2-12H2,1H3. The number of carbonyl (C=O) groups is 2. The topological polar surface area (TPSA) is 63.6 Å². The molecule has 0 saturated heterocycles. The van der Waals surface area contributed by atoms with Crippen molar-refractivity contribution in [3.05, 3.63) is 70.8 Å². The molecule has 0 atom stereocenters. The molecule has 1 N–H and O–H groups in total. The summed E-state index contributed by atoms with van der Waals surface area (Å²) >= 11 is 0. The second-order valence-corrected chi connectivity index (χ2v) is 7.56. The van der Waals surface area contributed by atoms with E-state index in [1.807, 2.05) is 0 Å². The number of fused-ring (bicyclic) bond motifs is 2. The average Bonchev–Trinajstić information content (AvgIpc) is 2.79. The first kappa shape index (κ1) is 24.0. The van der Waals surface area contributed by atoms with Crippen LogP contribution in [-0.2, 0) is 4.74 Å². The Morgan fingerprint density at radius 2 is 1.03 bits per heavy atom. The average molecular weight is 411 g/mol. The van der Waals surface area contributed by atoms with Crippen molar-refractivity contribution in [2.45, 2.75) is 58.3 Å². The summed E-state index contributed by atoms with van der Waals surface area (Å²) in [7, 11) is 0. The lowest BCUT2D eigenvalue weighted by Gasteiger charge is -2.16. The first-order valence-electron chi connectivity index (χ1n) is 11.2. The molecule has 4 nitrogen and oxygen atoms in total. The molecule has 0 amide bonds. The Hall–Kier alpha value is -2.30. The lowest BCUT2D eigenvalue weighted by molar-refractivity contribution is 0.0895. The highest BCUT2D eigenvalue weighted by Gasteiger charge is 2.28. The van der Waals surface area contributed by atoms with Crippen LogP contribution in [0.3, 0.4) is 0 Å². The van der Waals surface area contributed by atoms with Gasteiger partial charge in [-0.05, 0) is 6.42 Å². The Morgan fingerprint density at radius 1 is 0.633 bits per heavy atom. The lowest BCUT2D eigenvalue weighted by Crippen LogP contribution is -2.20. The third-order valence-corrected chi connectivity index (χ3v) is 5.21. The van der Waals surface area contributed by atoms with E-state index in [0.29, 0.717) is 28.9 Å². The van der Waals surface area contributed by atoms with Crippen molar-refractivity contribution >= 4 is 11.6 Å². The van der Waals surface area contributed by atoms with Gasteiger partial charge >= 0.3 is 0 Å². The van der Waals surface area contributed by atoms with Gasteiger partial charge in [0.25, 0.3) is 0 Å². The molecule has 4 heteroatoms. The molecule has 162 valence electrons. The number of benzene rings is 2. The normalized spacial score (nSPS) is 12.1. The smallest absolute Gasteiger partial charge is 0.194 e. The van der Waals surface area contributed by atoms with Crippen LogP contribution in [-0.4, -0.2) is 36.5 Å². The van der Waals surface area contributed by atoms with Gasteiger partial charge in [-0.15, -0.1) is 0 Å². The van der Waals surface area contributed by atoms with Gasteiger partial charge in [0, 0.05) is 28.9 Å². The molecule has 0 heterocycles. The number of ketones is 2. The van der Waals surface area contributed by atoms with Crippen LogP contribution in [0.25, 0.3) is 0 Å². The van der Waals surface area contributed by atoms with Gasteiger partial charge in [-0.25, -0.2) is 0 Å². The summed E-state index contributed by atoms with van der Waals surface area (Å²) in [6, 6.07) is 13.9. The monoisotopic (exact) mass is 410 g/mol. The molecule has 0 spiro atoms. The summed E-state index contributed by atoms with van der Waals surface area (Å²) in [6.07, 6.45) is 10.6. The Morgan fingerprint density at radius 3 is 1.43 bits per heavy atom. The molecule has 0 saturated carbocycles. The van der Waals surface area contributed by atoms with E-state index in [1.165, 1.54) is 44.9 Å². The zero-order chi connectivity index (χ0) is 21.6. The molecule has 0 aromatic heterocycles. The van der Waals surface area contributed by atoms with Gasteiger partial charge in [0.05, 0.1) is 13.2 Å². The molecular weight excluding hydrogens is 376 g/mol. The van der Waals surface area contributed by atoms with Crippen LogP contribution >= 0.6 is 0 Å². The van der Waals surface area contributed by atoms with Crippen molar-refractivity contribution in [3.8, 4) is 0 Å². The first-order valence-corrected chi connectivity index (χ1v) is 11.2. The van der Waals surface area contributed by atoms with Gasteiger partial charge in [-0.3, -0.25) is 9.59 Å². The number of hydrogen-bond acceptors (Lipinski definition) is 4. The minimum absolute atomic E-state index is 0.0641. The third kappa shape index (κ3) is 7.19. The highest BCUT2D eigenvalue weighted by molar-refractivity contribution is 6.28. The molecular formula is C26H34O4. The molecule has 0 unspecified atom stereocenters. The summed E-state index contributed by atoms with van der Waals surface area (Å²) in [4.78, 5) is 24.2. The van der Waals surface area contributed by atoms with Crippen molar-refractivity contribution in [1.82, 2.24) is 0 Å². The maximum Gasteiger partial charge on any atom is 0.194 e. The molecule has 2 aromatic rings. The Balaban J connectivity index is 0.000000217. The van der Waals surface area contributed by atoms with Crippen molar-refractivity contribution in [3.63, 3.8) is 0 Å². The van der Waals surface area contributed by atoms with Gasteiger partial charge in [-0.1, -0.05) is 100 Å². The molecule has 0 fully saturated rings. The summed E-state index contributed by atoms with van der Waals surface area (Å²) in [5.74, 6) is -0.128. The summed E-state index contributed by atoms with van der Waals surface area (Å²) < 4.78 is 5.18. The van der Waals surface area contributed by atoms with E-state index >= 15 is 0 Å². The van der Waals surface area contributed by atoms with Crippen molar-refractivity contribution < 1.29 is 19.4 Å². The SMILES string of the molecule is CCCCCCCCCCOCCO.O=C1c2ccccc2C(=O)c2ccccc21. The van der Waals surface area contributed by atoms with E-state index in [4.69, 9.17) is 9.84 Å². The molecule has 1 aliphatic rings. The van der Waals surface area contributed by atoms with E-state index < -0.39 is 0 Å². The van der Waals surface area contributed by atoms with Crippen LogP contribution in [0.15, 0.2) is 48.5 Å². The molecule has 30 heavy (non-hydrogen) atoms. The molecule has 2 aromatic carbocycles. The number of rotatable bonds is 11. The van der Waals surface area contributed by atoms with Crippen LogP contribution in [0, 0.1) is 0 Å². The second kappa shape index (κ2) is 13.8. The maximum absolute atomic E-state index is 12.1. The van der Waals surface area contributed by atoms with Crippen molar-refractivity contribution in [1.29, 1.82) is 0 Å². The van der Waals surface area contributed by atoms with Gasteiger partial charge < -0.3 is 9.84 Å². The minimum Gasteiger partial charge on any atom is -0.394 e. The van der Waals surface area contributed by atoms with Crippen LogP contribution in [0.1, 0.15) is 90.1 Å². The highest BCUT2D eigenvalue weighted by atomic mass is 16.5.